The number of ether oxygens (including phenoxy) is 1. The lowest BCUT2D eigenvalue weighted by Gasteiger charge is -2.24. The third-order valence-corrected chi connectivity index (χ3v) is 3.90. The van der Waals surface area contributed by atoms with Crippen molar-refractivity contribution in [3.8, 4) is 0 Å². The standard InChI is InChI=1S/C15H28N4O2.HI/c1-15(2,3)21-14(20)19-8-7-11(10-19)9-17-13(16)18(4)12-5-6-12;/h11-12H,5-10H2,1-4H3,(H2,16,17);1H. The van der Waals surface area contributed by atoms with E-state index in [1.807, 2.05) is 27.8 Å². The Bertz CT molecular complexity index is 418. The summed E-state index contributed by atoms with van der Waals surface area (Å²) in [5.74, 6) is 0.997. The quantitative estimate of drug-likeness (QED) is 0.429. The van der Waals surface area contributed by atoms with Crippen LogP contribution in [0.1, 0.15) is 40.0 Å². The number of amides is 1. The summed E-state index contributed by atoms with van der Waals surface area (Å²) < 4.78 is 5.39. The highest BCUT2D eigenvalue weighted by Crippen LogP contribution is 2.25. The molecule has 0 aromatic heterocycles. The molecule has 1 atom stereocenters. The number of rotatable bonds is 3. The molecule has 1 unspecified atom stereocenters. The lowest BCUT2D eigenvalue weighted by molar-refractivity contribution is 0.0289. The molecule has 1 heterocycles. The normalized spacial score (nSPS) is 22.3. The highest BCUT2D eigenvalue weighted by Gasteiger charge is 2.30. The summed E-state index contributed by atoms with van der Waals surface area (Å²) in [6.07, 6.45) is 3.16. The molecule has 7 heteroatoms. The van der Waals surface area contributed by atoms with Gasteiger partial charge in [0.05, 0.1) is 0 Å². The van der Waals surface area contributed by atoms with E-state index in [1.54, 1.807) is 4.90 Å². The average Bonchev–Trinajstić information content (AvgIpc) is 3.11. The molecule has 1 aliphatic carbocycles. The fourth-order valence-electron chi connectivity index (χ4n) is 2.46. The number of nitrogens with zero attached hydrogens (tertiary/aromatic N) is 3. The van der Waals surface area contributed by atoms with Gasteiger partial charge >= 0.3 is 6.09 Å². The van der Waals surface area contributed by atoms with Crippen molar-refractivity contribution in [2.75, 3.05) is 26.7 Å². The molecule has 0 radical (unpaired) electrons. The molecule has 6 nitrogen and oxygen atoms in total. The number of nitrogens with two attached hydrogens (primary N) is 1. The van der Waals surface area contributed by atoms with Crippen LogP contribution in [-0.2, 0) is 4.74 Å². The van der Waals surface area contributed by atoms with Crippen molar-refractivity contribution in [3.63, 3.8) is 0 Å². The molecule has 0 aromatic rings. The number of carbonyl (C=O) groups is 1. The summed E-state index contributed by atoms with van der Waals surface area (Å²) in [4.78, 5) is 20.3. The molecule has 2 rings (SSSR count). The van der Waals surface area contributed by atoms with Gasteiger partial charge in [-0.05, 0) is 46.0 Å². The van der Waals surface area contributed by atoms with E-state index in [0.717, 1.165) is 13.0 Å². The minimum absolute atomic E-state index is 0. The number of hydrogen-bond donors (Lipinski definition) is 1. The van der Waals surface area contributed by atoms with Crippen molar-refractivity contribution in [1.29, 1.82) is 0 Å². The van der Waals surface area contributed by atoms with Gasteiger partial charge in [0.2, 0.25) is 0 Å². The number of halogens is 1. The SMILES string of the molecule is CN(C(N)=NCC1CCN(C(=O)OC(C)(C)C)C1)C1CC1.I. The van der Waals surface area contributed by atoms with Crippen LogP contribution in [0, 0.1) is 5.92 Å². The maximum atomic E-state index is 12.0. The number of guanidine groups is 1. The molecule has 2 fully saturated rings. The number of carbonyl (C=O) groups excluding carboxylic acids is 1. The predicted molar refractivity (Wildman–Crippen MR) is 98.6 cm³/mol. The first-order chi connectivity index (χ1) is 9.76. The van der Waals surface area contributed by atoms with Gasteiger partial charge in [-0.3, -0.25) is 4.99 Å². The summed E-state index contributed by atoms with van der Waals surface area (Å²) in [5, 5.41) is 0. The van der Waals surface area contributed by atoms with Crippen molar-refractivity contribution in [2.45, 2.75) is 51.7 Å². The predicted octanol–water partition coefficient (Wildman–Crippen LogP) is 2.27. The van der Waals surface area contributed by atoms with E-state index in [2.05, 4.69) is 9.89 Å². The first kappa shape index (κ1) is 19.3. The van der Waals surface area contributed by atoms with Crippen molar-refractivity contribution < 1.29 is 9.53 Å². The zero-order valence-corrected chi connectivity index (χ0v) is 16.4. The smallest absolute Gasteiger partial charge is 0.410 e. The van der Waals surface area contributed by atoms with Crippen LogP contribution < -0.4 is 5.73 Å². The fraction of sp³-hybridized carbons (Fsp3) is 0.867. The molecule has 0 bridgehead atoms. The van der Waals surface area contributed by atoms with Gasteiger partial charge in [-0.2, -0.15) is 0 Å². The second-order valence-corrected chi connectivity index (χ2v) is 7.12. The lowest BCUT2D eigenvalue weighted by atomic mass is 10.1. The van der Waals surface area contributed by atoms with Gasteiger partial charge in [0.1, 0.15) is 5.60 Å². The van der Waals surface area contributed by atoms with E-state index in [0.29, 0.717) is 31.0 Å². The largest absolute Gasteiger partial charge is 0.444 e. The maximum absolute atomic E-state index is 12.0. The highest BCUT2D eigenvalue weighted by molar-refractivity contribution is 14.0. The van der Waals surface area contributed by atoms with Gasteiger partial charge in [-0.15, -0.1) is 24.0 Å². The van der Waals surface area contributed by atoms with Crippen LogP contribution in [0.4, 0.5) is 4.79 Å². The second kappa shape index (κ2) is 7.70. The van der Waals surface area contributed by atoms with Crippen LogP contribution in [0.2, 0.25) is 0 Å². The zero-order valence-electron chi connectivity index (χ0n) is 14.0. The second-order valence-electron chi connectivity index (χ2n) is 7.12. The van der Waals surface area contributed by atoms with Gasteiger partial charge in [0.15, 0.2) is 5.96 Å². The van der Waals surface area contributed by atoms with E-state index in [1.165, 1.54) is 12.8 Å². The van der Waals surface area contributed by atoms with E-state index < -0.39 is 5.60 Å². The van der Waals surface area contributed by atoms with Crippen LogP contribution in [0.5, 0.6) is 0 Å². The maximum Gasteiger partial charge on any atom is 0.410 e. The Morgan fingerprint density at radius 2 is 2.00 bits per heavy atom. The molecule has 0 aromatic carbocycles. The summed E-state index contributed by atoms with van der Waals surface area (Å²) in [6.45, 7) is 7.79. The Hall–Kier alpha value is -0.730. The van der Waals surface area contributed by atoms with Crippen LogP contribution >= 0.6 is 24.0 Å². The first-order valence-corrected chi connectivity index (χ1v) is 7.77. The van der Waals surface area contributed by atoms with Gasteiger partial charge in [-0.1, -0.05) is 0 Å². The van der Waals surface area contributed by atoms with Crippen LogP contribution in [0.25, 0.3) is 0 Å². The van der Waals surface area contributed by atoms with Crippen LogP contribution in [0.15, 0.2) is 4.99 Å². The Kier molecular flexibility index (Phi) is 6.76. The Labute approximate surface area is 150 Å². The topological polar surface area (TPSA) is 71.2 Å². The van der Waals surface area contributed by atoms with Crippen LogP contribution in [0.3, 0.4) is 0 Å². The molecule has 1 saturated carbocycles. The third-order valence-electron chi connectivity index (χ3n) is 3.90. The molecule has 1 aliphatic heterocycles. The third kappa shape index (κ3) is 5.81. The summed E-state index contributed by atoms with van der Waals surface area (Å²) in [7, 11) is 2.00. The average molecular weight is 424 g/mol. The Morgan fingerprint density at radius 3 is 2.55 bits per heavy atom. The number of hydrogen-bond acceptors (Lipinski definition) is 3. The summed E-state index contributed by atoms with van der Waals surface area (Å²) in [6, 6.07) is 0.579. The van der Waals surface area contributed by atoms with Crippen molar-refractivity contribution in [2.24, 2.45) is 16.6 Å². The van der Waals surface area contributed by atoms with E-state index in [4.69, 9.17) is 10.5 Å². The molecule has 22 heavy (non-hydrogen) atoms. The molecule has 1 amide bonds. The first-order valence-electron chi connectivity index (χ1n) is 7.77. The van der Waals surface area contributed by atoms with Gasteiger partial charge in [0, 0.05) is 32.7 Å². The molecule has 1 saturated heterocycles. The van der Waals surface area contributed by atoms with Crippen molar-refractivity contribution in [3.05, 3.63) is 0 Å². The molecule has 0 spiro atoms. The molecular formula is C15H29IN4O2. The van der Waals surface area contributed by atoms with Gasteiger partial charge < -0.3 is 20.3 Å². The number of aliphatic imine (C=N–C) groups is 1. The fourth-order valence-corrected chi connectivity index (χ4v) is 2.46. The lowest BCUT2D eigenvalue weighted by Crippen LogP contribution is -2.36. The zero-order chi connectivity index (χ0) is 15.6. The summed E-state index contributed by atoms with van der Waals surface area (Å²) >= 11 is 0. The minimum Gasteiger partial charge on any atom is -0.444 e. The molecule has 2 aliphatic rings. The summed E-state index contributed by atoms with van der Waals surface area (Å²) in [5.41, 5.74) is 5.54. The van der Waals surface area contributed by atoms with Gasteiger partial charge in [0.25, 0.3) is 0 Å². The molecule has 2 N–H and O–H groups in total. The van der Waals surface area contributed by atoms with Crippen molar-refractivity contribution in [1.82, 2.24) is 9.80 Å². The van der Waals surface area contributed by atoms with Crippen LogP contribution in [-0.4, -0.2) is 60.2 Å². The van der Waals surface area contributed by atoms with E-state index in [9.17, 15) is 4.79 Å². The van der Waals surface area contributed by atoms with Gasteiger partial charge in [-0.25, -0.2) is 4.79 Å². The van der Waals surface area contributed by atoms with E-state index >= 15 is 0 Å². The van der Waals surface area contributed by atoms with E-state index in [-0.39, 0.29) is 30.1 Å². The number of likely N-dealkylation sites (tertiary alicyclic amines) is 1. The molecular weight excluding hydrogens is 395 g/mol. The van der Waals surface area contributed by atoms with Crippen molar-refractivity contribution >= 4 is 36.0 Å². The highest BCUT2D eigenvalue weighted by atomic mass is 127. The Morgan fingerprint density at radius 1 is 1.36 bits per heavy atom. The molecule has 128 valence electrons. The Balaban J connectivity index is 0.00000242. The monoisotopic (exact) mass is 424 g/mol. The minimum atomic E-state index is -0.440.